The van der Waals surface area contributed by atoms with Crippen molar-refractivity contribution in [2.75, 3.05) is 9.80 Å². The Balaban J connectivity index is 1.03. The minimum absolute atomic E-state index is 0.684. The SMILES string of the molecule is c1ccc(-c2ccc(-c3ccc(N(c4ccncc4)c4ccc(N(c5ccncc5)c5ccc(-c6ccc(-c7ccccc7)s6)cc5)o4)cc3)s2)cc1. The van der Waals surface area contributed by atoms with E-state index in [9.17, 15) is 0 Å². The summed E-state index contributed by atoms with van der Waals surface area (Å²) in [5, 5.41) is 0. The van der Waals surface area contributed by atoms with E-state index in [1.54, 1.807) is 47.5 Å². The summed E-state index contributed by atoms with van der Waals surface area (Å²) in [7, 11) is 0. The lowest BCUT2D eigenvalue weighted by atomic mass is 10.1. The molecule has 0 fully saturated rings. The highest BCUT2D eigenvalue weighted by atomic mass is 32.1. The van der Waals surface area contributed by atoms with E-state index >= 15 is 0 Å². The van der Waals surface area contributed by atoms with Crippen LogP contribution < -0.4 is 9.80 Å². The normalized spacial score (nSPS) is 11.0. The second-order valence-electron chi connectivity index (χ2n) is 12.3. The monoisotopic (exact) mass is 720 g/mol. The van der Waals surface area contributed by atoms with Crippen molar-refractivity contribution in [3.05, 3.63) is 195 Å². The second-order valence-corrected chi connectivity index (χ2v) is 14.5. The molecule has 0 aliphatic heterocycles. The van der Waals surface area contributed by atoms with Crippen LogP contribution >= 0.6 is 22.7 Å². The Morgan fingerprint density at radius 1 is 0.321 bits per heavy atom. The minimum atomic E-state index is 0.684. The maximum atomic E-state index is 6.78. The molecular weight excluding hydrogens is 689 g/mol. The summed E-state index contributed by atoms with van der Waals surface area (Å²) in [5.74, 6) is 1.37. The summed E-state index contributed by atoms with van der Waals surface area (Å²) in [6, 6.07) is 59.1. The molecule has 5 heterocycles. The molecule has 53 heavy (non-hydrogen) atoms. The predicted octanol–water partition coefficient (Wildman–Crippen LogP) is 13.8. The van der Waals surface area contributed by atoms with Crippen molar-refractivity contribution in [2.45, 2.75) is 0 Å². The zero-order valence-electron chi connectivity index (χ0n) is 28.5. The summed E-state index contributed by atoms with van der Waals surface area (Å²) < 4.78 is 6.78. The van der Waals surface area contributed by atoms with Crippen LogP contribution in [0, 0.1) is 0 Å². The number of thiophene rings is 2. The molecule has 4 aromatic carbocycles. The van der Waals surface area contributed by atoms with Gasteiger partial charge in [-0.15, -0.1) is 22.7 Å². The molecule has 0 N–H and O–H groups in total. The third-order valence-corrected chi connectivity index (χ3v) is 11.4. The van der Waals surface area contributed by atoms with E-state index < -0.39 is 0 Å². The number of rotatable bonds is 10. The van der Waals surface area contributed by atoms with Gasteiger partial charge in [-0.1, -0.05) is 84.9 Å². The smallest absolute Gasteiger partial charge is 0.207 e. The lowest BCUT2D eigenvalue weighted by molar-refractivity contribution is 0.580. The van der Waals surface area contributed by atoms with Crippen LogP contribution in [0.25, 0.3) is 41.8 Å². The van der Waals surface area contributed by atoms with Gasteiger partial charge in [0.15, 0.2) is 0 Å². The van der Waals surface area contributed by atoms with Crippen LogP contribution in [0.1, 0.15) is 0 Å². The van der Waals surface area contributed by atoms with Crippen molar-refractivity contribution >= 4 is 57.2 Å². The predicted molar refractivity (Wildman–Crippen MR) is 221 cm³/mol. The molecule has 0 amide bonds. The third kappa shape index (κ3) is 6.79. The van der Waals surface area contributed by atoms with Crippen LogP contribution in [0.5, 0.6) is 0 Å². The van der Waals surface area contributed by atoms with Crippen molar-refractivity contribution in [1.82, 2.24) is 9.97 Å². The zero-order valence-corrected chi connectivity index (χ0v) is 30.1. The van der Waals surface area contributed by atoms with Gasteiger partial charge in [0.25, 0.3) is 0 Å². The summed E-state index contributed by atoms with van der Waals surface area (Å²) >= 11 is 3.60. The van der Waals surface area contributed by atoms with Crippen LogP contribution in [0.4, 0.5) is 34.5 Å². The Kier molecular flexibility index (Phi) is 8.92. The first kappa shape index (κ1) is 32.4. The Morgan fingerprint density at radius 2 is 0.642 bits per heavy atom. The van der Waals surface area contributed by atoms with E-state index in [4.69, 9.17) is 4.42 Å². The molecule has 5 nitrogen and oxygen atoms in total. The molecule has 0 aliphatic carbocycles. The summed E-state index contributed by atoms with van der Waals surface area (Å²) in [4.78, 5) is 17.8. The molecule has 0 saturated carbocycles. The largest absolute Gasteiger partial charge is 0.424 e. The fraction of sp³-hybridized carbons (Fsp3) is 0. The van der Waals surface area contributed by atoms with Crippen molar-refractivity contribution < 1.29 is 4.42 Å². The third-order valence-electron chi connectivity index (χ3n) is 9.01. The first-order valence-electron chi connectivity index (χ1n) is 17.3. The maximum Gasteiger partial charge on any atom is 0.207 e. The number of hydrogen-bond donors (Lipinski definition) is 0. The second kappa shape index (κ2) is 14.6. The average Bonchev–Trinajstić information content (AvgIpc) is 4.03. The van der Waals surface area contributed by atoms with Crippen molar-refractivity contribution in [2.24, 2.45) is 0 Å². The highest BCUT2D eigenvalue weighted by Crippen LogP contribution is 2.43. The fourth-order valence-corrected chi connectivity index (χ4v) is 8.44. The highest BCUT2D eigenvalue weighted by Gasteiger charge is 2.21. The Bertz CT molecular complexity index is 2370. The molecule has 0 saturated heterocycles. The topological polar surface area (TPSA) is 45.4 Å². The standard InChI is InChI=1S/C46H32N4OS2/c1-3-7-33(8-4-1)41-19-21-43(52-41)35-11-15-37(16-12-35)49(39-25-29-47-30-26-39)45-23-24-46(51-45)50(40-27-31-48-32-28-40)38-17-13-36(14-18-38)44-22-20-42(53-44)34-9-5-2-6-10-34/h1-32H. The number of nitrogens with zero attached hydrogens (tertiary/aromatic N) is 4. The molecular formula is C46H32N4OS2. The van der Waals surface area contributed by atoms with Gasteiger partial charge in [-0.25, -0.2) is 0 Å². The van der Waals surface area contributed by atoms with E-state index in [2.05, 4.69) is 153 Å². The first-order chi connectivity index (χ1) is 26.3. The Morgan fingerprint density at radius 3 is 1.00 bits per heavy atom. The molecule has 7 heteroatoms. The highest BCUT2D eigenvalue weighted by molar-refractivity contribution is 7.19. The molecule has 5 aromatic heterocycles. The Hall–Kier alpha value is -6.54. The van der Waals surface area contributed by atoms with Gasteiger partial charge in [-0.2, -0.15) is 0 Å². The Labute approximate surface area is 316 Å². The van der Waals surface area contributed by atoms with Gasteiger partial charge in [-0.3, -0.25) is 19.8 Å². The van der Waals surface area contributed by atoms with Crippen LogP contribution in [-0.2, 0) is 0 Å². The number of anilines is 6. The van der Waals surface area contributed by atoms with Gasteiger partial charge >= 0.3 is 0 Å². The quantitative estimate of drug-likeness (QED) is 0.141. The number of furan rings is 1. The van der Waals surface area contributed by atoms with Crippen LogP contribution in [0.2, 0.25) is 0 Å². The zero-order chi connectivity index (χ0) is 35.4. The lowest BCUT2D eigenvalue weighted by Gasteiger charge is -2.24. The maximum absolute atomic E-state index is 6.78. The molecule has 0 unspecified atom stereocenters. The first-order valence-corrected chi connectivity index (χ1v) is 18.9. The van der Waals surface area contributed by atoms with Crippen molar-refractivity contribution in [3.8, 4) is 41.8 Å². The van der Waals surface area contributed by atoms with Crippen molar-refractivity contribution in [1.29, 1.82) is 0 Å². The molecule has 0 radical (unpaired) electrons. The van der Waals surface area contributed by atoms with Crippen LogP contribution in [0.3, 0.4) is 0 Å². The van der Waals surface area contributed by atoms with Gasteiger partial charge in [-0.05, 0) is 95.1 Å². The molecule has 0 bridgehead atoms. The average molecular weight is 721 g/mol. The molecule has 0 atom stereocenters. The van der Waals surface area contributed by atoms with E-state index in [1.807, 2.05) is 36.4 Å². The molecule has 254 valence electrons. The fourth-order valence-electron chi connectivity index (χ4n) is 6.40. The van der Waals surface area contributed by atoms with Gasteiger partial charge < -0.3 is 4.42 Å². The lowest BCUT2D eigenvalue weighted by Crippen LogP contribution is -2.10. The number of aromatic nitrogens is 2. The van der Waals surface area contributed by atoms with Gasteiger partial charge in [0.1, 0.15) is 0 Å². The number of pyridine rings is 2. The van der Waals surface area contributed by atoms with Gasteiger partial charge in [0.05, 0.1) is 11.4 Å². The van der Waals surface area contributed by atoms with Crippen molar-refractivity contribution in [3.63, 3.8) is 0 Å². The van der Waals surface area contributed by atoms with Gasteiger partial charge in [0, 0.05) is 67.8 Å². The summed E-state index contributed by atoms with van der Waals surface area (Å²) in [6.45, 7) is 0. The summed E-state index contributed by atoms with van der Waals surface area (Å²) in [5.41, 5.74) is 8.65. The van der Waals surface area contributed by atoms with E-state index in [1.165, 1.54) is 41.8 Å². The number of benzene rings is 4. The van der Waals surface area contributed by atoms with E-state index in [0.717, 1.165) is 22.7 Å². The molecule has 0 spiro atoms. The van der Waals surface area contributed by atoms with E-state index in [-0.39, 0.29) is 0 Å². The van der Waals surface area contributed by atoms with Gasteiger partial charge in [0.2, 0.25) is 11.8 Å². The van der Waals surface area contributed by atoms with Crippen LogP contribution in [-0.4, -0.2) is 9.97 Å². The molecule has 9 rings (SSSR count). The minimum Gasteiger partial charge on any atom is -0.424 e. The van der Waals surface area contributed by atoms with Crippen LogP contribution in [0.15, 0.2) is 199 Å². The molecule has 9 aromatic rings. The molecule has 0 aliphatic rings. The van der Waals surface area contributed by atoms with E-state index in [0.29, 0.717) is 11.8 Å². The summed E-state index contributed by atoms with van der Waals surface area (Å²) in [6.07, 6.45) is 7.22. The number of hydrogen-bond acceptors (Lipinski definition) is 7.